The van der Waals surface area contributed by atoms with Gasteiger partial charge in [0.2, 0.25) is 0 Å². The van der Waals surface area contributed by atoms with Gasteiger partial charge in [-0.1, -0.05) is 11.6 Å². The van der Waals surface area contributed by atoms with Crippen LogP contribution in [0.1, 0.15) is 18.0 Å². The van der Waals surface area contributed by atoms with Gasteiger partial charge in [-0.2, -0.15) is 0 Å². The Labute approximate surface area is 124 Å². The number of rotatable bonds is 4. The zero-order valence-electron chi connectivity index (χ0n) is 10.6. The molecule has 6 heteroatoms. The summed E-state index contributed by atoms with van der Waals surface area (Å²) in [6.45, 7) is 3.10. The average molecular weight is 309 g/mol. The first-order valence-electron chi connectivity index (χ1n) is 6.21. The molecule has 0 saturated carbocycles. The fourth-order valence-electron chi connectivity index (χ4n) is 2.42. The van der Waals surface area contributed by atoms with Crippen molar-refractivity contribution >= 4 is 24.0 Å². The summed E-state index contributed by atoms with van der Waals surface area (Å²) in [5.74, 6) is 0.191. The number of nitrogens with one attached hydrogen (secondary N) is 1. The van der Waals surface area contributed by atoms with E-state index in [1.807, 2.05) is 0 Å². The highest BCUT2D eigenvalue weighted by atomic mass is 35.5. The molecular formula is C13H19Cl2FN2O. The van der Waals surface area contributed by atoms with Crippen molar-refractivity contribution in [3.05, 3.63) is 28.8 Å². The van der Waals surface area contributed by atoms with Crippen LogP contribution in [0.5, 0.6) is 5.75 Å². The molecule has 19 heavy (non-hydrogen) atoms. The predicted octanol–water partition coefficient (Wildman–Crippen LogP) is 2.77. The van der Waals surface area contributed by atoms with E-state index >= 15 is 0 Å². The van der Waals surface area contributed by atoms with Crippen LogP contribution in [0.3, 0.4) is 0 Å². The number of hydrogen-bond donors (Lipinski definition) is 2. The van der Waals surface area contributed by atoms with Crippen LogP contribution >= 0.6 is 24.0 Å². The molecule has 0 aromatic heterocycles. The fourth-order valence-corrected chi connectivity index (χ4v) is 2.60. The van der Waals surface area contributed by atoms with Crippen LogP contribution < -0.4 is 5.32 Å². The van der Waals surface area contributed by atoms with Crippen LogP contribution in [0, 0.1) is 0 Å². The van der Waals surface area contributed by atoms with Gasteiger partial charge in [0.1, 0.15) is 5.75 Å². The lowest BCUT2D eigenvalue weighted by Gasteiger charge is -2.35. The summed E-state index contributed by atoms with van der Waals surface area (Å²) in [6, 6.07) is 4.85. The second-order valence-electron chi connectivity index (χ2n) is 4.48. The lowest BCUT2D eigenvalue weighted by molar-refractivity contribution is 0.155. The lowest BCUT2D eigenvalue weighted by atomic mass is 10.0. The molecule has 1 aliphatic heterocycles. The molecule has 1 aromatic carbocycles. The zero-order valence-corrected chi connectivity index (χ0v) is 12.2. The number of hydrogen-bond acceptors (Lipinski definition) is 3. The Kier molecular flexibility index (Phi) is 6.86. The Morgan fingerprint density at radius 3 is 2.68 bits per heavy atom. The van der Waals surface area contributed by atoms with Gasteiger partial charge < -0.3 is 10.4 Å². The number of aromatic hydroxyl groups is 1. The van der Waals surface area contributed by atoms with Gasteiger partial charge >= 0.3 is 0 Å². The third-order valence-corrected chi connectivity index (χ3v) is 3.56. The normalized spacial score (nSPS) is 17.8. The third kappa shape index (κ3) is 4.21. The maximum atomic E-state index is 12.8. The van der Waals surface area contributed by atoms with Gasteiger partial charge in [-0.3, -0.25) is 9.29 Å². The number of nitrogens with zero attached hydrogens (tertiary/aromatic N) is 1. The first-order valence-corrected chi connectivity index (χ1v) is 6.59. The van der Waals surface area contributed by atoms with E-state index in [2.05, 4.69) is 10.2 Å². The summed E-state index contributed by atoms with van der Waals surface area (Å²) < 4.78 is 12.8. The molecule has 0 radical (unpaired) electrons. The van der Waals surface area contributed by atoms with Gasteiger partial charge in [-0.05, 0) is 24.6 Å². The Morgan fingerprint density at radius 2 is 2.05 bits per heavy atom. The Balaban J connectivity index is 0.00000180. The first kappa shape index (κ1) is 16.5. The van der Waals surface area contributed by atoms with Gasteiger partial charge in [0.25, 0.3) is 0 Å². The van der Waals surface area contributed by atoms with E-state index in [0.717, 1.165) is 31.7 Å². The molecule has 2 rings (SSSR count). The Bertz CT molecular complexity index is 400. The molecule has 1 fully saturated rings. The molecule has 0 bridgehead atoms. The van der Waals surface area contributed by atoms with E-state index in [1.165, 1.54) is 0 Å². The summed E-state index contributed by atoms with van der Waals surface area (Å²) >= 11 is 5.96. The van der Waals surface area contributed by atoms with Crippen LogP contribution in [-0.2, 0) is 0 Å². The van der Waals surface area contributed by atoms with Gasteiger partial charge in [-0.15, -0.1) is 12.4 Å². The summed E-state index contributed by atoms with van der Waals surface area (Å²) in [5, 5.41) is 13.8. The maximum Gasteiger partial charge on any atom is 0.120 e. The van der Waals surface area contributed by atoms with E-state index in [1.54, 1.807) is 18.2 Å². The molecule has 0 aliphatic carbocycles. The van der Waals surface area contributed by atoms with E-state index in [4.69, 9.17) is 11.6 Å². The molecule has 0 amide bonds. The van der Waals surface area contributed by atoms with Crippen LogP contribution in [-0.4, -0.2) is 42.9 Å². The maximum absolute atomic E-state index is 12.8. The zero-order chi connectivity index (χ0) is 13.0. The molecule has 2 N–H and O–H groups in total. The molecule has 1 atom stereocenters. The van der Waals surface area contributed by atoms with Crippen molar-refractivity contribution in [2.75, 3.05) is 32.9 Å². The van der Waals surface area contributed by atoms with Crippen molar-refractivity contribution in [1.82, 2.24) is 10.2 Å². The minimum Gasteiger partial charge on any atom is -0.508 e. The van der Waals surface area contributed by atoms with Gasteiger partial charge in [0.15, 0.2) is 0 Å². The van der Waals surface area contributed by atoms with E-state index in [0.29, 0.717) is 11.4 Å². The Morgan fingerprint density at radius 1 is 1.37 bits per heavy atom. The van der Waals surface area contributed by atoms with E-state index in [9.17, 15) is 9.50 Å². The summed E-state index contributed by atoms with van der Waals surface area (Å²) in [6.07, 6.45) is 0.383. The minimum absolute atomic E-state index is 0. The van der Waals surface area contributed by atoms with E-state index < -0.39 is 6.67 Å². The quantitative estimate of drug-likeness (QED) is 0.898. The van der Waals surface area contributed by atoms with Gasteiger partial charge in [0.05, 0.1) is 6.67 Å². The summed E-state index contributed by atoms with van der Waals surface area (Å²) in [7, 11) is 0. The van der Waals surface area contributed by atoms with Crippen LogP contribution in [0.25, 0.3) is 0 Å². The topological polar surface area (TPSA) is 35.5 Å². The van der Waals surface area contributed by atoms with Crippen molar-refractivity contribution in [3.8, 4) is 5.75 Å². The first-order chi connectivity index (χ1) is 8.72. The molecule has 108 valence electrons. The predicted molar refractivity (Wildman–Crippen MR) is 78.1 cm³/mol. The molecule has 0 spiro atoms. The molecule has 0 unspecified atom stereocenters. The fraction of sp³-hybridized carbons (Fsp3) is 0.538. The molecule has 3 nitrogen and oxygen atoms in total. The lowest BCUT2D eigenvalue weighted by Crippen LogP contribution is -2.45. The SMILES string of the molecule is Cl.Oc1ccc(Cl)cc1[C@@H](CCF)N1CCNCC1. The molecule has 1 heterocycles. The van der Waals surface area contributed by atoms with E-state index in [-0.39, 0.29) is 24.2 Å². The molecule has 1 saturated heterocycles. The number of benzene rings is 1. The minimum atomic E-state index is -0.402. The molecule has 1 aliphatic rings. The van der Waals surface area contributed by atoms with Crippen molar-refractivity contribution in [2.24, 2.45) is 0 Å². The number of phenols is 1. The van der Waals surface area contributed by atoms with Crippen LogP contribution in [0.4, 0.5) is 4.39 Å². The van der Waals surface area contributed by atoms with Crippen molar-refractivity contribution in [1.29, 1.82) is 0 Å². The highest BCUT2D eigenvalue weighted by Gasteiger charge is 2.24. The number of phenolic OH excluding ortho intramolecular Hbond substituents is 1. The molecular weight excluding hydrogens is 290 g/mol. The standard InChI is InChI=1S/C13H18ClFN2O.ClH/c14-10-1-2-13(18)11(9-10)12(3-4-15)17-7-5-16-6-8-17;/h1-2,9,12,16,18H,3-8H2;1H/t12-;/m1./s1. The van der Waals surface area contributed by atoms with Crippen LogP contribution in [0.2, 0.25) is 5.02 Å². The van der Waals surface area contributed by atoms with Crippen molar-refractivity contribution in [2.45, 2.75) is 12.5 Å². The smallest absolute Gasteiger partial charge is 0.120 e. The monoisotopic (exact) mass is 308 g/mol. The highest BCUT2D eigenvalue weighted by molar-refractivity contribution is 6.30. The number of halogens is 3. The third-order valence-electron chi connectivity index (χ3n) is 3.32. The highest BCUT2D eigenvalue weighted by Crippen LogP contribution is 2.33. The summed E-state index contributed by atoms with van der Waals surface area (Å²) in [5.41, 5.74) is 0.724. The number of alkyl halides is 1. The second kappa shape index (κ2) is 7.90. The second-order valence-corrected chi connectivity index (χ2v) is 4.92. The summed E-state index contributed by atoms with van der Waals surface area (Å²) in [4.78, 5) is 2.20. The average Bonchev–Trinajstić information content (AvgIpc) is 2.40. The number of piperazine rings is 1. The van der Waals surface area contributed by atoms with Crippen LogP contribution in [0.15, 0.2) is 18.2 Å². The molecule has 1 aromatic rings. The van der Waals surface area contributed by atoms with Crippen molar-refractivity contribution in [3.63, 3.8) is 0 Å². The largest absolute Gasteiger partial charge is 0.508 e. The Hall–Kier alpha value is -0.550. The van der Waals surface area contributed by atoms with Gasteiger partial charge in [-0.25, -0.2) is 0 Å². The van der Waals surface area contributed by atoms with Gasteiger partial charge in [0, 0.05) is 42.8 Å². The van der Waals surface area contributed by atoms with Crippen molar-refractivity contribution < 1.29 is 9.50 Å².